The van der Waals surface area contributed by atoms with Crippen molar-refractivity contribution >= 4 is 11.4 Å². The van der Waals surface area contributed by atoms with E-state index in [4.69, 9.17) is 5.73 Å². The minimum Gasteiger partial charge on any atom is -0.508 e. The molecule has 0 atom stereocenters. The summed E-state index contributed by atoms with van der Waals surface area (Å²) < 4.78 is 0. The van der Waals surface area contributed by atoms with Crippen LogP contribution >= 0.6 is 0 Å². The average Bonchev–Trinajstić information content (AvgIpc) is 2.28. The molecule has 2 rings (SSSR count). The first-order chi connectivity index (χ1) is 6.85. The number of hydrogen-bond acceptors (Lipinski definition) is 3. The van der Waals surface area contributed by atoms with Crippen LogP contribution in [0, 0.1) is 0 Å². The van der Waals surface area contributed by atoms with Crippen molar-refractivity contribution in [3.05, 3.63) is 30.0 Å². The Morgan fingerprint density at radius 2 is 2.00 bits per heavy atom. The monoisotopic (exact) mass is 204 g/mol. The van der Waals surface area contributed by atoms with Crippen LogP contribution in [-0.4, -0.2) is 12.2 Å². The van der Waals surface area contributed by atoms with E-state index in [1.807, 2.05) is 11.9 Å². The Bertz CT molecular complexity index is 449. The summed E-state index contributed by atoms with van der Waals surface area (Å²) in [5.74, 6) is 0.211. The number of nitrogen functional groups attached to an aromatic ring is 1. The Labute approximate surface area is 89.8 Å². The van der Waals surface area contributed by atoms with Crippen LogP contribution in [0.3, 0.4) is 0 Å². The summed E-state index contributed by atoms with van der Waals surface area (Å²) in [6.45, 7) is 8.22. The van der Waals surface area contributed by atoms with Gasteiger partial charge in [0.15, 0.2) is 0 Å². The highest BCUT2D eigenvalue weighted by Gasteiger charge is 2.38. The van der Waals surface area contributed by atoms with Gasteiger partial charge in [-0.1, -0.05) is 20.4 Å². The number of allylic oxidation sites excluding steroid dienone is 1. The minimum atomic E-state index is -0.170. The van der Waals surface area contributed by atoms with Crippen molar-refractivity contribution in [3.63, 3.8) is 0 Å². The number of anilines is 2. The van der Waals surface area contributed by atoms with Crippen LogP contribution in [-0.2, 0) is 5.41 Å². The molecule has 3 nitrogen and oxygen atoms in total. The average molecular weight is 204 g/mol. The van der Waals surface area contributed by atoms with Gasteiger partial charge in [0.2, 0.25) is 0 Å². The van der Waals surface area contributed by atoms with Crippen LogP contribution in [0.5, 0.6) is 5.75 Å². The Morgan fingerprint density at radius 3 is 2.60 bits per heavy atom. The lowest BCUT2D eigenvalue weighted by Crippen LogP contribution is -2.21. The highest BCUT2D eigenvalue weighted by Crippen LogP contribution is 2.49. The van der Waals surface area contributed by atoms with Crippen molar-refractivity contribution < 1.29 is 5.11 Å². The summed E-state index contributed by atoms with van der Waals surface area (Å²) in [7, 11) is 1.95. The fourth-order valence-corrected chi connectivity index (χ4v) is 2.20. The second-order valence-electron chi connectivity index (χ2n) is 4.56. The minimum absolute atomic E-state index is 0.170. The first-order valence-electron chi connectivity index (χ1n) is 4.91. The van der Waals surface area contributed by atoms with E-state index in [1.165, 1.54) is 0 Å². The maximum absolute atomic E-state index is 9.55. The number of nitrogens with two attached hydrogens (primary N) is 1. The number of nitrogens with zero attached hydrogens (tertiary/aromatic N) is 1. The molecule has 0 saturated carbocycles. The molecule has 3 heteroatoms. The third-order valence-corrected chi connectivity index (χ3v) is 3.26. The molecule has 1 aromatic carbocycles. The maximum Gasteiger partial charge on any atom is 0.118 e. The van der Waals surface area contributed by atoms with Crippen LogP contribution in [0.15, 0.2) is 24.4 Å². The fourth-order valence-electron chi connectivity index (χ4n) is 2.20. The van der Waals surface area contributed by atoms with Crippen molar-refractivity contribution in [2.45, 2.75) is 19.3 Å². The first-order valence-corrected chi connectivity index (χ1v) is 4.91. The molecule has 0 radical (unpaired) electrons. The lowest BCUT2D eigenvalue weighted by atomic mass is 9.84. The molecule has 15 heavy (non-hydrogen) atoms. The highest BCUT2D eigenvalue weighted by molar-refractivity contribution is 5.82. The van der Waals surface area contributed by atoms with Gasteiger partial charge < -0.3 is 15.7 Å². The van der Waals surface area contributed by atoms with E-state index < -0.39 is 0 Å². The topological polar surface area (TPSA) is 49.5 Å². The molecule has 1 aliphatic heterocycles. The van der Waals surface area contributed by atoms with Crippen molar-refractivity contribution in [2.75, 3.05) is 17.7 Å². The SMILES string of the molecule is C=C1N(C)c2c(N)cc(O)cc2C1(C)C. The van der Waals surface area contributed by atoms with Gasteiger partial charge in [0.05, 0.1) is 11.4 Å². The van der Waals surface area contributed by atoms with Crippen molar-refractivity contribution in [1.82, 2.24) is 0 Å². The molecule has 0 unspecified atom stereocenters. The normalized spacial score (nSPS) is 18.1. The standard InChI is InChI=1S/C12H16N2O/c1-7-12(2,3)9-5-8(15)6-10(13)11(9)14(7)4/h5-6,15H,1,13H2,2-4H3. The van der Waals surface area contributed by atoms with Gasteiger partial charge in [-0.2, -0.15) is 0 Å². The second kappa shape index (κ2) is 2.69. The number of phenols is 1. The van der Waals surface area contributed by atoms with Gasteiger partial charge >= 0.3 is 0 Å². The van der Waals surface area contributed by atoms with E-state index in [0.29, 0.717) is 5.69 Å². The lowest BCUT2D eigenvalue weighted by molar-refractivity contribution is 0.473. The molecule has 80 valence electrons. The Hall–Kier alpha value is -1.64. The summed E-state index contributed by atoms with van der Waals surface area (Å²) in [4.78, 5) is 1.99. The molecular formula is C12H16N2O. The van der Waals surface area contributed by atoms with Gasteiger partial charge in [-0.05, 0) is 11.6 Å². The summed E-state index contributed by atoms with van der Waals surface area (Å²) in [6.07, 6.45) is 0. The van der Waals surface area contributed by atoms with Gasteiger partial charge in [0.1, 0.15) is 5.75 Å². The fraction of sp³-hybridized carbons (Fsp3) is 0.333. The third-order valence-electron chi connectivity index (χ3n) is 3.26. The Balaban J connectivity index is 2.77. The maximum atomic E-state index is 9.55. The smallest absolute Gasteiger partial charge is 0.118 e. The van der Waals surface area contributed by atoms with E-state index >= 15 is 0 Å². The Morgan fingerprint density at radius 1 is 1.40 bits per heavy atom. The van der Waals surface area contributed by atoms with Crippen molar-refractivity contribution in [3.8, 4) is 5.75 Å². The van der Waals surface area contributed by atoms with Gasteiger partial charge in [0, 0.05) is 24.2 Å². The number of fused-ring (bicyclic) bond motifs is 1. The largest absolute Gasteiger partial charge is 0.508 e. The van der Waals surface area contributed by atoms with Crippen molar-refractivity contribution in [1.29, 1.82) is 0 Å². The summed E-state index contributed by atoms with van der Waals surface area (Å²) >= 11 is 0. The van der Waals surface area contributed by atoms with Gasteiger partial charge in [0.25, 0.3) is 0 Å². The molecule has 0 amide bonds. The Kier molecular flexibility index (Phi) is 1.77. The van der Waals surface area contributed by atoms with E-state index in [9.17, 15) is 5.11 Å². The molecule has 1 aromatic rings. The molecule has 3 N–H and O–H groups in total. The number of rotatable bonds is 0. The molecule has 1 heterocycles. The number of likely N-dealkylation sites (N-methyl/N-ethyl adjacent to an activating group) is 1. The lowest BCUT2D eigenvalue weighted by Gasteiger charge is -2.22. The molecular weight excluding hydrogens is 188 g/mol. The quantitative estimate of drug-likeness (QED) is 0.637. The molecule has 0 aromatic heterocycles. The predicted octanol–water partition coefficient (Wildman–Crippen LogP) is 2.22. The van der Waals surface area contributed by atoms with E-state index in [0.717, 1.165) is 16.9 Å². The predicted molar refractivity (Wildman–Crippen MR) is 63.1 cm³/mol. The zero-order valence-corrected chi connectivity index (χ0v) is 9.33. The zero-order valence-electron chi connectivity index (χ0n) is 9.33. The number of benzene rings is 1. The zero-order chi connectivity index (χ0) is 11.4. The summed E-state index contributed by atoms with van der Waals surface area (Å²) in [5.41, 5.74) is 9.32. The number of aromatic hydroxyl groups is 1. The van der Waals surface area contributed by atoms with E-state index in [2.05, 4.69) is 20.4 Å². The highest BCUT2D eigenvalue weighted by atomic mass is 16.3. The van der Waals surface area contributed by atoms with Crippen molar-refractivity contribution in [2.24, 2.45) is 0 Å². The second-order valence-corrected chi connectivity index (χ2v) is 4.56. The first kappa shape index (κ1) is 9.90. The summed E-state index contributed by atoms with van der Waals surface area (Å²) in [6, 6.07) is 3.34. The summed E-state index contributed by atoms with van der Waals surface area (Å²) in [5, 5.41) is 9.55. The molecule has 0 fully saturated rings. The molecule has 0 saturated heterocycles. The van der Waals surface area contributed by atoms with Crippen LogP contribution in [0.25, 0.3) is 0 Å². The molecule has 0 spiro atoms. The molecule has 0 bridgehead atoms. The van der Waals surface area contributed by atoms with Crippen LogP contribution < -0.4 is 10.6 Å². The van der Waals surface area contributed by atoms with E-state index in [1.54, 1.807) is 12.1 Å². The molecule has 0 aliphatic carbocycles. The van der Waals surface area contributed by atoms with Crippen LogP contribution in [0.2, 0.25) is 0 Å². The van der Waals surface area contributed by atoms with Crippen LogP contribution in [0.4, 0.5) is 11.4 Å². The van der Waals surface area contributed by atoms with Crippen LogP contribution in [0.1, 0.15) is 19.4 Å². The third kappa shape index (κ3) is 1.12. The van der Waals surface area contributed by atoms with E-state index in [-0.39, 0.29) is 11.2 Å². The van der Waals surface area contributed by atoms with Gasteiger partial charge in [-0.25, -0.2) is 0 Å². The van der Waals surface area contributed by atoms with Gasteiger partial charge in [-0.3, -0.25) is 0 Å². The molecule has 1 aliphatic rings. The van der Waals surface area contributed by atoms with Gasteiger partial charge in [-0.15, -0.1) is 0 Å². The number of hydrogen-bond donors (Lipinski definition) is 2. The number of phenolic OH excluding ortho intramolecular Hbond substituents is 1.